The second kappa shape index (κ2) is 15.5. The van der Waals surface area contributed by atoms with Crippen molar-refractivity contribution < 1.29 is 51.6 Å². The molecular formula is C26H34N4O15P2-2. The zero-order valence-electron chi connectivity index (χ0n) is 25.3. The number of aromatic nitrogens is 4. The van der Waals surface area contributed by atoms with E-state index in [1.807, 2.05) is 0 Å². The normalized spacial score (nSPS) is 26.9. The molecule has 4 unspecified atom stereocenters. The van der Waals surface area contributed by atoms with Crippen LogP contribution in [-0.2, 0) is 36.7 Å². The van der Waals surface area contributed by atoms with Crippen molar-refractivity contribution >= 4 is 15.6 Å². The van der Waals surface area contributed by atoms with E-state index in [1.54, 1.807) is 0 Å². The number of phosphoric ester groups is 2. The number of ether oxygens (including phenoxy) is 2. The van der Waals surface area contributed by atoms with Crippen LogP contribution in [0.25, 0.3) is 0 Å². The fourth-order valence-electron chi connectivity index (χ4n) is 4.84. The number of aryl methyl sites for hydroxylation is 2. The number of rotatable bonds is 15. The van der Waals surface area contributed by atoms with E-state index in [4.69, 9.17) is 34.0 Å². The third kappa shape index (κ3) is 9.78. The molecule has 0 amide bonds. The lowest BCUT2D eigenvalue weighted by Gasteiger charge is -2.30. The number of phosphoric acid groups is 2. The van der Waals surface area contributed by atoms with E-state index in [0.29, 0.717) is 19.3 Å². The lowest BCUT2D eigenvalue weighted by Crippen LogP contribution is -2.34. The predicted octanol–water partition coefficient (Wildman–Crippen LogP) is -1.19. The Hall–Kier alpha value is -2.98. The van der Waals surface area contributed by atoms with Crippen molar-refractivity contribution in [2.24, 2.45) is 0 Å². The molecule has 0 bridgehead atoms. The van der Waals surface area contributed by atoms with Crippen molar-refractivity contribution in [1.82, 2.24) is 19.1 Å². The van der Waals surface area contributed by atoms with Gasteiger partial charge in [0.25, 0.3) is 26.8 Å². The molecule has 2 aromatic heterocycles. The number of nitrogens with one attached hydrogen (secondary N) is 2. The molecule has 260 valence electrons. The van der Waals surface area contributed by atoms with Gasteiger partial charge >= 0.3 is 11.4 Å². The molecular weight excluding hydrogens is 670 g/mol. The fraction of sp³-hybridized carbons (Fsp3) is 0.615. The van der Waals surface area contributed by atoms with Crippen LogP contribution in [0.5, 0.6) is 0 Å². The zero-order valence-corrected chi connectivity index (χ0v) is 27.1. The van der Waals surface area contributed by atoms with Gasteiger partial charge in [0.2, 0.25) is 0 Å². The van der Waals surface area contributed by atoms with Crippen LogP contribution in [0.1, 0.15) is 55.7 Å². The van der Waals surface area contributed by atoms with Crippen molar-refractivity contribution in [3.63, 3.8) is 0 Å². The number of H-pyrrole nitrogens is 2. The summed E-state index contributed by atoms with van der Waals surface area (Å²) in [6.07, 6.45) is 0.780. The second-order valence-corrected chi connectivity index (χ2v) is 13.7. The molecule has 2 aromatic rings. The molecule has 3 N–H and O–H groups in total. The zero-order chi connectivity index (χ0) is 34.5. The number of nitrogens with zero attached hydrogens (tertiary/aromatic N) is 2. The molecule has 4 heterocycles. The molecule has 47 heavy (non-hydrogen) atoms. The van der Waals surface area contributed by atoms with E-state index in [9.17, 15) is 43.2 Å². The molecule has 0 saturated carbocycles. The Labute approximate surface area is 266 Å². The number of unbranched alkanes of at least 4 members (excludes halogenated alkanes) is 2. The predicted molar refractivity (Wildman–Crippen MR) is 156 cm³/mol. The lowest BCUT2D eigenvalue weighted by atomic mass is 10.2. The highest BCUT2D eigenvalue weighted by atomic mass is 31.2. The highest BCUT2D eigenvalue weighted by molar-refractivity contribution is 7.46. The van der Waals surface area contributed by atoms with Crippen LogP contribution in [0, 0.1) is 26.2 Å². The molecule has 21 heteroatoms. The first-order valence-electron chi connectivity index (χ1n) is 14.4. The molecule has 2 aliphatic rings. The number of aromatic amines is 2. The first kappa shape index (κ1) is 36.8. The van der Waals surface area contributed by atoms with Crippen molar-refractivity contribution in [3.05, 3.63) is 65.2 Å². The number of aliphatic hydroxyl groups excluding tert-OH is 1. The van der Waals surface area contributed by atoms with Gasteiger partial charge in [-0.25, -0.2) is 9.59 Å². The third-order valence-corrected chi connectivity index (χ3v) is 9.28. The smallest absolute Gasteiger partial charge is 0.330 e. The van der Waals surface area contributed by atoms with Crippen molar-refractivity contribution in [1.29, 1.82) is 0 Å². The van der Waals surface area contributed by atoms with Crippen LogP contribution in [0.3, 0.4) is 0 Å². The van der Waals surface area contributed by atoms with Crippen LogP contribution in [-0.4, -0.2) is 68.4 Å². The highest BCUT2D eigenvalue weighted by Crippen LogP contribution is 2.47. The Balaban J connectivity index is 1.43. The maximum atomic E-state index is 12.9. The monoisotopic (exact) mass is 704 g/mol. The molecule has 2 fully saturated rings. The summed E-state index contributed by atoms with van der Waals surface area (Å²) >= 11 is 0. The van der Waals surface area contributed by atoms with E-state index in [1.165, 1.54) is 26.2 Å². The molecule has 0 aromatic carbocycles. The van der Waals surface area contributed by atoms with Gasteiger partial charge < -0.3 is 42.5 Å². The lowest BCUT2D eigenvalue weighted by molar-refractivity contribution is -0.236. The van der Waals surface area contributed by atoms with Gasteiger partial charge in [0.1, 0.15) is 24.7 Å². The van der Waals surface area contributed by atoms with Crippen molar-refractivity contribution in [3.8, 4) is 12.3 Å². The minimum absolute atomic E-state index is 0.129. The molecule has 2 saturated heterocycles. The molecule has 8 atom stereocenters. The van der Waals surface area contributed by atoms with Crippen LogP contribution in [0.2, 0.25) is 0 Å². The van der Waals surface area contributed by atoms with Crippen molar-refractivity contribution in [2.75, 3.05) is 19.8 Å². The summed E-state index contributed by atoms with van der Waals surface area (Å²) in [6.45, 7) is 1.16. The Morgan fingerprint density at radius 1 is 0.894 bits per heavy atom. The molecule has 19 nitrogen and oxygen atoms in total. The van der Waals surface area contributed by atoms with Gasteiger partial charge in [-0.1, -0.05) is 0 Å². The number of hydrogen-bond acceptors (Lipinski definition) is 15. The van der Waals surface area contributed by atoms with E-state index >= 15 is 0 Å². The van der Waals surface area contributed by atoms with Gasteiger partial charge in [0.05, 0.1) is 32.0 Å². The van der Waals surface area contributed by atoms with E-state index in [-0.39, 0.29) is 30.6 Å². The first-order chi connectivity index (χ1) is 22.1. The third-order valence-electron chi connectivity index (χ3n) is 7.32. The van der Waals surface area contributed by atoms with Gasteiger partial charge in [0, 0.05) is 42.8 Å². The largest absolute Gasteiger partial charge is 0.756 e. The van der Waals surface area contributed by atoms with Gasteiger partial charge in [0.15, 0.2) is 0 Å². The van der Waals surface area contributed by atoms with E-state index in [2.05, 4.69) is 15.9 Å². The summed E-state index contributed by atoms with van der Waals surface area (Å²) in [5, 5.41) is 10.4. The fourth-order valence-corrected chi connectivity index (χ4v) is 6.54. The molecule has 0 aliphatic carbocycles. The average molecular weight is 705 g/mol. The summed E-state index contributed by atoms with van der Waals surface area (Å²) in [7, 11) is -10.1. The quantitative estimate of drug-likeness (QED) is 0.112. The molecule has 0 spiro atoms. The van der Waals surface area contributed by atoms with Crippen LogP contribution < -0.4 is 32.3 Å². The Kier molecular flexibility index (Phi) is 12.1. The SMILES string of the molecule is C#CCCCCOP(=O)([O-])OC[C@H]1O[C@@H](n2cc(C)c(=O)[nH]c2=O)CC1OP(=O)([O-])OC[C@H]1O[C@@H](n2cc(C)c(=O)[nH]c2=O)CC1O. The Morgan fingerprint density at radius 3 is 2.02 bits per heavy atom. The van der Waals surface area contributed by atoms with Crippen LogP contribution >= 0.6 is 15.6 Å². The highest BCUT2D eigenvalue weighted by Gasteiger charge is 2.42. The van der Waals surface area contributed by atoms with Gasteiger partial charge in [-0.3, -0.25) is 37.8 Å². The molecule has 4 rings (SSSR count). The summed E-state index contributed by atoms with van der Waals surface area (Å²) in [4.78, 5) is 77.6. The number of terminal acetylenes is 1. The van der Waals surface area contributed by atoms with Gasteiger partial charge in [-0.15, -0.1) is 12.3 Å². The van der Waals surface area contributed by atoms with Crippen LogP contribution in [0.4, 0.5) is 0 Å². The van der Waals surface area contributed by atoms with Crippen molar-refractivity contribution in [2.45, 2.75) is 82.8 Å². The standard InChI is InChI=1S/C26H36N4O15P2/c1-4-5-6-7-8-40-46(36,37)41-14-20-18(10-22(44-20)30-12-16(3)24(33)28-26(30)35)45-47(38,39)42-13-19-17(31)9-21(43-19)29-11-15(2)23(32)27-25(29)34/h1,11-12,17-22,31H,5-10,13-14H2,2-3H3,(H,36,37)(H,38,39)(H,27,32,34)(H,28,33,35)/p-2/t17?,18?,19-,20-,21-,22-/m1/s1. The van der Waals surface area contributed by atoms with E-state index in [0.717, 1.165) is 9.13 Å². The van der Waals surface area contributed by atoms with Crippen LogP contribution in [0.15, 0.2) is 31.6 Å². The summed E-state index contributed by atoms with van der Waals surface area (Å²) in [5.41, 5.74) is -2.59. The Morgan fingerprint density at radius 2 is 1.43 bits per heavy atom. The Bertz CT molecular complexity index is 1800. The second-order valence-electron chi connectivity index (χ2n) is 10.9. The minimum atomic E-state index is -5.25. The van der Waals surface area contributed by atoms with Gasteiger partial charge in [-0.2, -0.15) is 0 Å². The number of aliphatic hydroxyl groups is 1. The minimum Gasteiger partial charge on any atom is -0.756 e. The maximum absolute atomic E-state index is 12.9. The first-order valence-corrected chi connectivity index (χ1v) is 17.3. The topological polar surface area (TPSA) is 266 Å². The summed E-state index contributed by atoms with van der Waals surface area (Å²) in [5.74, 6) is 2.41. The average Bonchev–Trinajstić information content (AvgIpc) is 3.56. The summed E-state index contributed by atoms with van der Waals surface area (Å²) < 4.78 is 58.4. The molecule has 2 aliphatic heterocycles. The van der Waals surface area contributed by atoms with E-state index < -0.39 is 88.2 Å². The number of hydrogen-bond donors (Lipinski definition) is 3. The summed E-state index contributed by atoms with van der Waals surface area (Å²) in [6, 6.07) is 0. The maximum Gasteiger partial charge on any atom is 0.330 e. The van der Waals surface area contributed by atoms with Gasteiger partial charge in [-0.05, 0) is 26.7 Å². The molecule has 0 radical (unpaired) electrons.